The Morgan fingerprint density at radius 1 is 0.350 bits per heavy atom. The maximum atomic E-state index is 5.97. The Kier molecular flexibility index (Phi) is 23.9. The van der Waals surface area contributed by atoms with Crippen LogP contribution in [0.4, 0.5) is 34.1 Å². The van der Waals surface area contributed by atoms with Crippen LogP contribution in [0.5, 0.6) is 11.5 Å². The highest BCUT2D eigenvalue weighted by Crippen LogP contribution is 2.48. The van der Waals surface area contributed by atoms with Gasteiger partial charge in [0.25, 0.3) is 0 Å². The van der Waals surface area contributed by atoms with E-state index < -0.39 is 0 Å². The van der Waals surface area contributed by atoms with Crippen molar-refractivity contribution in [3.05, 3.63) is 275 Å². The molecule has 103 heavy (non-hydrogen) atoms. The molecule has 0 radical (unpaired) electrons. The van der Waals surface area contributed by atoms with Gasteiger partial charge < -0.3 is 57.7 Å². The maximum absolute atomic E-state index is 5.97. The molecule has 9 fully saturated rings. The second kappa shape index (κ2) is 33.7. The predicted molar refractivity (Wildman–Crippen MR) is 432 cm³/mol. The van der Waals surface area contributed by atoms with Crippen LogP contribution in [-0.2, 0) is 10.2 Å². The summed E-state index contributed by atoms with van der Waals surface area (Å²) in [6, 6.07) is 82.2. The van der Waals surface area contributed by atoms with Crippen molar-refractivity contribution in [2.45, 2.75) is 183 Å². The summed E-state index contributed by atoms with van der Waals surface area (Å²) in [7, 11) is 0. The summed E-state index contributed by atoms with van der Waals surface area (Å²) in [5.74, 6) is 6.51. The number of piperidine rings is 1. The van der Waals surface area contributed by atoms with Crippen molar-refractivity contribution in [3.8, 4) is 11.5 Å². The van der Waals surface area contributed by atoms with Gasteiger partial charge in [-0.15, -0.1) is 0 Å². The lowest BCUT2D eigenvalue weighted by Crippen LogP contribution is -2.36. The Morgan fingerprint density at radius 3 is 1.00 bits per heavy atom. The summed E-state index contributed by atoms with van der Waals surface area (Å²) in [4.78, 5) is 9.62. The molecular formula is C92H115N9O2. The lowest BCUT2D eigenvalue weighted by Gasteiger charge is -2.28. The van der Waals surface area contributed by atoms with Gasteiger partial charge in [-0.25, -0.2) is 0 Å². The van der Waals surface area contributed by atoms with Crippen molar-refractivity contribution in [1.82, 2.24) is 0 Å². The number of rotatable bonds is 14. The molecule has 3 aliphatic heterocycles. The maximum Gasteiger partial charge on any atom is 0.127 e. The monoisotopic (exact) mass is 1380 g/mol. The van der Waals surface area contributed by atoms with Crippen molar-refractivity contribution in [2.75, 3.05) is 72.1 Å². The van der Waals surface area contributed by atoms with Crippen LogP contribution in [0, 0.1) is 19.8 Å². The van der Waals surface area contributed by atoms with E-state index in [1.54, 1.807) is 5.56 Å². The number of aryl methyl sites for hydroxylation is 2. The van der Waals surface area contributed by atoms with Gasteiger partial charge >= 0.3 is 0 Å². The average Bonchev–Trinajstić information content (AvgIpc) is 1.50. The standard InChI is InChI=1S/C21H20N2.C19H23NO.C14H20N2.C13H18N2O.C13H18N2.C12H16/c22-21-15-20(21)16-11-13-19(14-12-16)23(17-7-3-1-4-8-17)18-9-5-2-6-10-18;1-19(2,3)14-6-10-16(11-7-14)21-15-8-4-13(5-9-15)17-12-18(17)20;15-14-10-13(14)11-4-6-12(7-5-11)16-8-2-1-3-9-16;14-13-9-12(13)10-1-3-11(4-2-10)15-5-7-16-8-6-15;14-13-9-12(13)10-3-5-11(6-4-10)15-7-1-2-8-15;1-8-4-5-11(6-9(8)2)12-7-10(12)3/h1-14,20-21H,15,22H2;4-11,17-18H,12,20H2,1-3H3;4-7,13-14H,1-3,8-10,15H2;1-4,12-13H,5-9,14H2;3-6,12-13H,1-2,7-9,14H2;4-6,10,12H,7H2,1-3H3. The minimum Gasteiger partial charge on any atom is -0.457 e. The number of para-hydroxylation sites is 2. The van der Waals surface area contributed by atoms with Crippen LogP contribution in [0.25, 0.3) is 0 Å². The highest BCUT2D eigenvalue weighted by molar-refractivity contribution is 5.76. The van der Waals surface area contributed by atoms with E-state index in [1.807, 2.05) is 36.4 Å². The number of nitrogens with zero attached hydrogens (tertiary/aromatic N) is 4. The minimum absolute atomic E-state index is 0.170. The number of hydrogen-bond acceptors (Lipinski definition) is 11. The van der Waals surface area contributed by atoms with Gasteiger partial charge in [-0.1, -0.05) is 155 Å². The van der Waals surface area contributed by atoms with Crippen LogP contribution < -0.4 is 53.0 Å². The third-order valence-corrected chi connectivity index (χ3v) is 22.7. The minimum atomic E-state index is 0.170. The van der Waals surface area contributed by atoms with Gasteiger partial charge in [0.2, 0.25) is 0 Å². The van der Waals surface area contributed by atoms with Crippen molar-refractivity contribution >= 4 is 34.1 Å². The average molecular weight is 1380 g/mol. The summed E-state index contributed by atoms with van der Waals surface area (Å²) in [6.07, 6.45) is 13.9. The fraction of sp³-hybridized carbons (Fsp3) is 0.413. The fourth-order valence-corrected chi connectivity index (χ4v) is 14.9. The molecule has 0 bridgehead atoms. The Hall–Kier alpha value is -8.26. The van der Waals surface area contributed by atoms with Gasteiger partial charge in [0, 0.05) is 133 Å². The van der Waals surface area contributed by atoms with E-state index >= 15 is 0 Å². The first-order chi connectivity index (χ1) is 50.0. The van der Waals surface area contributed by atoms with Gasteiger partial charge in [0.1, 0.15) is 11.5 Å². The third kappa shape index (κ3) is 20.2. The molecular weight excluding hydrogens is 1260 g/mol. The van der Waals surface area contributed by atoms with Crippen LogP contribution in [-0.4, -0.2) is 82.7 Å². The molecule has 540 valence electrons. The molecule has 10 N–H and O–H groups in total. The van der Waals surface area contributed by atoms with E-state index in [0.29, 0.717) is 59.8 Å². The second-order valence-corrected chi connectivity index (χ2v) is 31.9. The lowest BCUT2D eigenvalue weighted by atomic mass is 9.87. The molecule has 0 aromatic heterocycles. The molecule has 9 aromatic rings. The molecule has 9 aliphatic rings. The highest BCUT2D eigenvalue weighted by atomic mass is 16.5. The molecule has 6 saturated carbocycles. The molecule has 3 heterocycles. The molecule has 9 aromatic carbocycles. The van der Waals surface area contributed by atoms with Gasteiger partial charge in [-0.05, 0) is 249 Å². The number of ether oxygens (including phenoxy) is 2. The van der Waals surface area contributed by atoms with E-state index in [4.69, 9.17) is 38.1 Å². The van der Waals surface area contributed by atoms with Crippen molar-refractivity contribution in [1.29, 1.82) is 0 Å². The largest absolute Gasteiger partial charge is 0.457 e. The molecule has 3 saturated heterocycles. The summed E-state index contributed by atoms with van der Waals surface area (Å²) >= 11 is 0. The molecule has 0 spiro atoms. The fourth-order valence-electron chi connectivity index (χ4n) is 14.9. The first-order valence-corrected chi connectivity index (χ1v) is 38.8. The van der Waals surface area contributed by atoms with E-state index in [1.165, 1.54) is 145 Å². The van der Waals surface area contributed by atoms with Gasteiger partial charge in [-0.2, -0.15) is 0 Å². The molecule has 18 rings (SSSR count). The number of morpholine rings is 1. The van der Waals surface area contributed by atoms with Crippen molar-refractivity contribution < 1.29 is 9.47 Å². The number of benzene rings is 9. The highest BCUT2D eigenvalue weighted by Gasteiger charge is 2.38. The van der Waals surface area contributed by atoms with E-state index in [-0.39, 0.29) is 5.41 Å². The summed E-state index contributed by atoms with van der Waals surface area (Å²) in [5.41, 5.74) is 49.8. The van der Waals surface area contributed by atoms with E-state index in [2.05, 4.69) is 249 Å². The zero-order valence-corrected chi connectivity index (χ0v) is 62.2. The zero-order chi connectivity index (χ0) is 71.6. The van der Waals surface area contributed by atoms with E-state index in [0.717, 1.165) is 80.3 Å². The topological polar surface area (TPSA) is 162 Å². The second-order valence-electron chi connectivity index (χ2n) is 31.9. The molecule has 12 unspecified atom stereocenters. The zero-order valence-electron chi connectivity index (χ0n) is 62.2. The Bertz CT molecular complexity index is 3960. The van der Waals surface area contributed by atoms with Gasteiger partial charge in [-0.3, -0.25) is 0 Å². The molecule has 11 nitrogen and oxygen atoms in total. The lowest BCUT2D eigenvalue weighted by molar-refractivity contribution is 0.122. The van der Waals surface area contributed by atoms with Gasteiger partial charge in [0.15, 0.2) is 0 Å². The van der Waals surface area contributed by atoms with Crippen molar-refractivity contribution in [3.63, 3.8) is 0 Å². The van der Waals surface area contributed by atoms with Gasteiger partial charge in [0.05, 0.1) is 13.2 Å². The molecule has 6 aliphatic carbocycles. The molecule has 12 atom stereocenters. The Balaban J connectivity index is 0.000000111. The predicted octanol–water partition coefficient (Wildman–Crippen LogP) is 18.9. The van der Waals surface area contributed by atoms with Crippen LogP contribution in [0.2, 0.25) is 0 Å². The normalized spacial score (nSPS) is 25.2. The summed E-state index contributed by atoms with van der Waals surface area (Å²) in [6.45, 7) is 21.9. The van der Waals surface area contributed by atoms with Crippen LogP contribution in [0.1, 0.15) is 184 Å². The van der Waals surface area contributed by atoms with Crippen LogP contribution in [0.3, 0.4) is 0 Å². The molecule has 0 amide bonds. The first kappa shape index (κ1) is 73.1. The number of nitrogens with two attached hydrogens (primary N) is 5. The number of anilines is 6. The molecule has 11 heteroatoms. The Labute approximate surface area is 616 Å². The summed E-state index contributed by atoms with van der Waals surface area (Å²) in [5, 5.41) is 0. The number of hydrogen-bond donors (Lipinski definition) is 5. The van der Waals surface area contributed by atoms with Crippen molar-refractivity contribution in [2.24, 2.45) is 34.6 Å². The first-order valence-electron chi connectivity index (χ1n) is 38.8. The third-order valence-electron chi connectivity index (χ3n) is 22.7. The SMILES string of the molecule is CC(C)(C)c1ccc(Oc2ccc(C3CC3N)cc2)cc1.Cc1ccc(C2CC2C)cc1C.NC1CC1c1ccc(N(c2ccccc2)c2ccccc2)cc1.NC1CC1c1ccc(N2CCCC2)cc1.NC1CC1c1ccc(N2CCCCC2)cc1.NC1CC1c1ccc(N2CCOCC2)cc1. The smallest absolute Gasteiger partial charge is 0.127 e. The quantitative estimate of drug-likeness (QED) is 0.0705. The summed E-state index contributed by atoms with van der Waals surface area (Å²) < 4.78 is 11.2. The van der Waals surface area contributed by atoms with Crippen LogP contribution in [0.15, 0.2) is 224 Å². The Morgan fingerprint density at radius 2 is 0.660 bits per heavy atom. The van der Waals surface area contributed by atoms with Crippen LogP contribution >= 0.6 is 0 Å². The van der Waals surface area contributed by atoms with E-state index in [9.17, 15) is 0 Å².